The van der Waals surface area contributed by atoms with Crippen LogP contribution in [0.15, 0.2) is 125 Å². The van der Waals surface area contributed by atoms with Crippen molar-refractivity contribution >= 4 is 34.1 Å². The zero-order chi connectivity index (χ0) is 19.0. The Hall–Kier alpha value is -3.30. The second-order valence-corrected chi connectivity index (χ2v) is 7.11. The summed E-state index contributed by atoms with van der Waals surface area (Å²) in [4.78, 5) is 5.80. The average molecular weight is 382 g/mol. The van der Waals surface area contributed by atoms with Gasteiger partial charge >= 0.3 is 0 Å². The van der Waals surface area contributed by atoms with Crippen molar-refractivity contribution in [3.63, 3.8) is 0 Å². The molecule has 3 heteroatoms. The number of para-hydroxylation sites is 2. The molecule has 0 atom stereocenters. The number of nitrogens with zero attached hydrogens (tertiary/aromatic N) is 1. The van der Waals surface area contributed by atoms with E-state index in [1.807, 2.05) is 72.1 Å². The second-order valence-electron chi connectivity index (χ2n) is 6.13. The molecule has 0 N–H and O–H groups in total. The molecule has 0 saturated heterocycles. The van der Waals surface area contributed by atoms with E-state index in [9.17, 15) is 0 Å². The first-order chi connectivity index (χ1) is 13.9. The molecule has 4 aromatic carbocycles. The van der Waals surface area contributed by atoms with Gasteiger partial charge in [-0.3, -0.25) is 0 Å². The highest BCUT2D eigenvalue weighted by Gasteiger charge is 2.01. The van der Waals surface area contributed by atoms with Crippen molar-refractivity contribution < 1.29 is 4.74 Å². The van der Waals surface area contributed by atoms with E-state index in [-0.39, 0.29) is 0 Å². The molecule has 136 valence electrons. The van der Waals surface area contributed by atoms with Crippen molar-refractivity contribution in [1.82, 2.24) is 0 Å². The maximum atomic E-state index is 5.98. The molecule has 0 fully saturated rings. The smallest absolute Gasteiger partial charge is 0.220 e. The van der Waals surface area contributed by atoms with E-state index in [1.165, 1.54) is 15.7 Å². The maximum absolute atomic E-state index is 5.98. The molecule has 4 aromatic rings. The van der Waals surface area contributed by atoms with Crippen LogP contribution in [0.1, 0.15) is 0 Å². The lowest BCUT2D eigenvalue weighted by Crippen LogP contribution is -2.04. The van der Waals surface area contributed by atoms with Crippen molar-refractivity contribution in [3.05, 3.63) is 115 Å². The number of rotatable bonds is 5. The third-order valence-corrected chi connectivity index (χ3v) is 4.90. The summed E-state index contributed by atoms with van der Waals surface area (Å²) in [6.45, 7) is 0. The van der Waals surface area contributed by atoms with Gasteiger partial charge < -0.3 is 4.74 Å². The number of fused-ring (bicyclic) bond motifs is 1. The average Bonchev–Trinajstić information content (AvgIpc) is 2.75. The summed E-state index contributed by atoms with van der Waals surface area (Å²) in [5.41, 5.74) is 0.855. The van der Waals surface area contributed by atoms with E-state index in [2.05, 4.69) is 47.5 Å². The minimum Gasteiger partial charge on any atom is -0.439 e. The molecule has 2 nitrogen and oxygen atoms in total. The zero-order valence-corrected chi connectivity index (χ0v) is 16.0. The molecule has 0 spiro atoms. The van der Waals surface area contributed by atoms with Gasteiger partial charge in [-0.2, -0.15) is 0 Å². The van der Waals surface area contributed by atoms with Crippen molar-refractivity contribution in [2.45, 2.75) is 4.90 Å². The minimum atomic E-state index is 0.547. The first-order valence-corrected chi connectivity index (χ1v) is 9.93. The summed E-state index contributed by atoms with van der Waals surface area (Å²) < 4.78 is 5.98. The van der Waals surface area contributed by atoms with Crippen LogP contribution in [0.3, 0.4) is 0 Å². The highest BCUT2D eigenvalue weighted by molar-refractivity contribution is 8.02. The summed E-state index contributed by atoms with van der Waals surface area (Å²) in [5, 5.41) is 4.49. The lowest BCUT2D eigenvalue weighted by molar-refractivity contribution is 0.556. The first-order valence-electron chi connectivity index (χ1n) is 9.05. The van der Waals surface area contributed by atoms with Crippen LogP contribution >= 0.6 is 11.8 Å². The fourth-order valence-electron chi connectivity index (χ4n) is 2.74. The number of thioether (sulfide) groups is 1. The molecule has 0 heterocycles. The van der Waals surface area contributed by atoms with Crippen LogP contribution in [0.2, 0.25) is 0 Å². The SMILES string of the molecule is C(=CC(=Nc1ccccc1)Oc1ccccc1)Sc1ccc2ccccc2c1. The Kier molecular flexibility index (Phi) is 5.86. The monoisotopic (exact) mass is 381 g/mol. The quantitative estimate of drug-likeness (QED) is 0.206. The van der Waals surface area contributed by atoms with Crippen LogP contribution in [0, 0.1) is 0 Å². The molecule has 0 aromatic heterocycles. The number of aliphatic imine (C=N–C) groups is 1. The Morgan fingerprint density at radius 1 is 0.714 bits per heavy atom. The van der Waals surface area contributed by atoms with Gasteiger partial charge in [-0.1, -0.05) is 78.5 Å². The topological polar surface area (TPSA) is 21.6 Å². The zero-order valence-electron chi connectivity index (χ0n) is 15.2. The van der Waals surface area contributed by atoms with Crippen LogP contribution in [0.5, 0.6) is 5.75 Å². The molecule has 0 bridgehead atoms. The maximum Gasteiger partial charge on any atom is 0.220 e. The molecule has 0 aliphatic rings. The van der Waals surface area contributed by atoms with Crippen LogP contribution in [-0.4, -0.2) is 5.90 Å². The highest BCUT2D eigenvalue weighted by Crippen LogP contribution is 2.24. The Morgan fingerprint density at radius 3 is 2.18 bits per heavy atom. The van der Waals surface area contributed by atoms with E-state index in [1.54, 1.807) is 11.8 Å². The van der Waals surface area contributed by atoms with Gasteiger partial charge in [-0.15, -0.1) is 0 Å². The molecular formula is C25H19NOS. The fourth-order valence-corrected chi connectivity index (χ4v) is 3.43. The number of hydrogen-bond acceptors (Lipinski definition) is 3. The summed E-state index contributed by atoms with van der Waals surface area (Å²) in [6, 6.07) is 34.4. The predicted molar refractivity (Wildman–Crippen MR) is 120 cm³/mol. The van der Waals surface area contributed by atoms with Crippen molar-refractivity contribution in [2.75, 3.05) is 0 Å². The van der Waals surface area contributed by atoms with E-state index in [0.717, 1.165) is 11.4 Å². The molecule has 0 saturated carbocycles. The largest absolute Gasteiger partial charge is 0.439 e. The van der Waals surface area contributed by atoms with Crippen LogP contribution < -0.4 is 4.74 Å². The van der Waals surface area contributed by atoms with E-state index < -0.39 is 0 Å². The van der Waals surface area contributed by atoms with Crippen molar-refractivity contribution in [3.8, 4) is 5.75 Å². The van der Waals surface area contributed by atoms with Crippen LogP contribution in [0.25, 0.3) is 10.8 Å². The second kappa shape index (κ2) is 9.07. The van der Waals surface area contributed by atoms with Crippen molar-refractivity contribution in [2.24, 2.45) is 4.99 Å². The van der Waals surface area contributed by atoms with E-state index >= 15 is 0 Å². The highest BCUT2D eigenvalue weighted by atomic mass is 32.2. The van der Waals surface area contributed by atoms with Gasteiger partial charge in [0.25, 0.3) is 0 Å². The lowest BCUT2D eigenvalue weighted by Gasteiger charge is -2.06. The molecule has 4 rings (SSSR count). The van der Waals surface area contributed by atoms with Gasteiger partial charge in [-0.25, -0.2) is 4.99 Å². The van der Waals surface area contributed by atoms with E-state index in [4.69, 9.17) is 4.74 Å². The summed E-state index contributed by atoms with van der Waals surface area (Å²) >= 11 is 1.64. The van der Waals surface area contributed by atoms with Gasteiger partial charge in [0.2, 0.25) is 5.90 Å². The Morgan fingerprint density at radius 2 is 1.39 bits per heavy atom. The standard InChI is InChI=1S/C25H19NOS/c1-3-11-22(12-4-1)26-25(27-23-13-5-2-6-14-23)17-18-28-24-16-15-20-9-7-8-10-21(20)19-24/h1-19H. The summed E-state index contributed by atoms with van der Waals surface area (Å²) in [5.74, 6) is 1.31. The normalized spacial score (nSPS) is 11.8. The molecule has 28 heavy (non-hydrogen) atoms. The van der Waals surface area contributed by atoms with Gasteiger partial charge in [-0.05, 0) is 52.6 Å². The molecule has 0 unspecified atom stereocenters. The Bertz CT molecular complexity index is 1100. The van der Waals surface area contributed by atoms with Gasteiger partial charge in [0, 0.05) is 11.0 Å². The Balaban J connectivity index is 1.54. The molecule has 0 aliphatic heterocycles. The van der Waals surface area contributed by atoms with Crippen LogP contribution in [0.4, 0.5) is 5.69 Å². The summed E-state index contributed by atoms with van der Waals surface area (Å²) in [6.07, 6.45) is 1.90. The van der Waals surface area contributed by atoms with Gasteiger partial charge in [0.1, 0.15) is 5.75 Å². The fraction of sp³-hybridized carbons (Fsp3) is 0. The lowest BCUT2D eigenvalue weighted by atomic mass is 10.1. The third-order valence-electron chi connectivity index (χ3n) is 4.10. The predicted octanol–water partition coefficient (Wildman–Crippen LogP) is 7.25. The molecule has 0 aliphatic carbocycles. The number of benzene rings is 4. The molecular weight excluding hydrogens is 362 g/mol. The minimum absolute atomic E-state index is 0.547. The van der Waals surface area contributed by atoms with Gasteiger partial charge in [0.05, 0.1) is 5.69 Å². The van der Waals surface area contributed by atoms with Crippen molar-refractivity contribution in [1.29, 1.82) is 0 Å². The first kappa shape index (κ1) is 18.1. The van der Waals surface area contributed by atoms with Crippen LogP contribution in [-0.2, 0) is 0 Å². The Labute approximate surface area is 169 Å². The number of hydrogen-bond donors (Lipinski definition) is 0. The van der Waals surface area contributed by atoms with Gasteiger partial charge in [0.15, 0.2) is 0 Å². The third kappa shape index (κ3) is 4.90. The number of ether oxygens (including phenoxy) is 1. The van der Waals surface area contributed by atoms with E-state index in [0.29, 0.717) is 5.90 Å². The summed E-state index contributed by atoms with van der Waals surface area (Å²) in [7, 11) is 0. The molecule has 0 amide bonds. The molecule has 0 radical (unpaired) electrons.